The number of hydrogen-bond acceptors (Lipinski definition) is 2. The summed E-state index contributed by atoms with van der Waals surface area (Å²) in [5, 5.41) is 0.708. The molecule has 1 unspecified atom stereocenters. The van der Waals surface area contributed by atoms with E-state index in [0.29, 0.717) is 11.6 Å². The van der Waals surface area contributed by atoms with Crippen molar-refractivity contribution in [1.82, 2.24) is 0 Å². The highest BCUT2D eigenvalue weighted by Gasteiger charge is 2.27. The Morgan fingerprint density at radius 1 is 1.10 bits per heavy atom. The Hall–Kier alpha value is -1.51. The van der Waals surface area contributed by atoms with Crippen molar-refractivity contribution in [3.8, 4) is 5.75 Å². The maximum absolute atomic E-state index is 6.56. The molecule has 0 aliphatic rings. The van der Waals surface area contributed by atoms with E-state index < -0.39 is 5.54 Å². The Kier molecular flexibility index (Phi) is 4.69. The fourth-order valence-electron chi connectivity index (χ4n) is 2.19. The number of hydrogen-bond donors (Lipinski definition) is 1. The molecule has 0 fully saturated rings. The Labute approximate surface area is 125 Å². The second kappa shape index (κ2) is 6.29. The first-order valence-corrected chi connectivity index (χ1v) is 7.20. The Morgan fingerprint density at radius 2 is 1.75 bits per heavy atom. The van der Waals surface area contributed by atoms with Gasteiger partial charge in [-0.1, -0.05) is 48.9 Å². The van der Waals surface area contributed by atoms with E-state index in [-0.39, 0.29) is 0 Å². The van der Waals surface area contributed by atoms with E-state index in [4.69, 9.17) is 22.1 Å². The third-order valence-corrected chi connectivity index (χ3v) is 3.60. The van der Waals surface area contributed by atoms with Crippen LogP contribution < -0.4 is 10.5 Å². The summed E-state index contributed by atoms with van der Waals surface area (Å²) in [5.74, 6) is 0.842. The van der Waals surface area contributed by atoms with Gasteiger partial charge in [-0.25, -0.2) is 0 Å². The smallest absolute Gasteiger partial charge is 0.124 e. The van der Waals surface area contributed by atoms with Crippen molar-refractivity contribution < 1.29 is 4.74 Å². The van der Waals surface area contributed by atoms with Gasteiger partial charge in [0.2, 0.25) is 0 Å². The van der Waals surface area contributed by atoms with Crippen LogP contribution >= 0.6 is 11.6 Å². The predicted octanol–water partition coefficient (Wildman–Crippen LogP) is 4.35. The van der Waals surface area contributed by atoms with Crippen molar-refractivity contribution in [3.63, 3.8) is 0 Å². The molecule has 0 aliphatic heterocycles. The SMILES string of the molecule is CCCOc1ccccc1C(C)(N)c1ccc(Cl)cc1. The summed E-state index contributed by atoms with van der Waals surface area (Å²) in [6, 6.07) is 15.6. The summed E-state index contributed by atoms with van der Waals surface area (Å²) in [7, 11) is 0. The molecule has 20 heavy (non-hydrogen) atoms. The van der Waals surface area contributed by atoms with Crippen LogP contribution in [0.1, 0.15) is 31.4 Å². The lowest BCUT2D eigenvalue weighted by Crippen LogP contribution is -2.34. The largest absolute Gasteiger partial charge is 0.493 e. The monoisotopic (exact) mass is 289 g/mol. The molecule has 0 radical (unpaired) electrons. The highest BCUT2D eigenvalue weighted by Crippen LogP contribution is 2.33. The highest BCUT2D eigenvalue weighted by atomic mass is 35.5. The number of halogens is 1. The zero-order chi connectivity index (χ0) is 14.6. The summed E-state index contributed by atoms with van der Waals surface area (Å²) in [5.41, 5.74) is 7.93. The third kappa shape index (κ3) is 3.14. The minimum atomic E-state index is -0.616. The van der Waals surface area contributed by atoms with Gasteiger partial charge >= 0.3 is 0 Å². The predicted molar refractivity (Wildman–Crippen MR) is 84.3 cm³/mol. The number of benzene rings is 2. The lowest BCUT2D eigenvalue weighted by Gasteiger charge is -2.28. The second-order valence-electron chi connectivity index (χ2n) is 5.05. The van der Waals surface area contributed by atoms with Gasteiger partial charge in [0.05, 0.1) is 12.1 Å². The number of ether oxygens (including phenoxy) is 1. The molecular formula is C17H20ClNO. The van der Waals surface area contributed by atoms with Crippen molar-refractivity contribution in [1.29, 1.82) is 0 Å². The quantitative estimate of drug-likeness (QED) is 0.888. The van der Waals surface area contributed by atoms with Gasteiger partial charge < -0.3 is 10.5 Å². The van der Waals surface area contributed by atoms with E-state index in [9.17, 15) is 0 Å². The summed E-state index contributed by atoms with van der Waals surface area (Å²) in [6.45, 7) is 4.77. The third-order valence-electron chi connectivity index (χ3n) is 3.35. The van der Waals surface area contributed by atoms with Crippen LogP contribution in [-0.2, 0) is 5.54 Å². The molecule has 2 nitrogen and oxygen atoms in total. The Morgan fingerprint density at radius 3 is 2.40 bits per heavy atom. The van der Waals surface area contributed by atoms with Crippen molar-refractivity contribution in [2.45, 2.75) is 25.8 Å². The van der Waals surface area contributed by atoms with Gasteiger partial charge in [-0.15, -0.1) is 0 Å². The van der Waals surface area contributed by atoms with Crippen LogP contribution in [0, 0.1) is 0 Å². The molecule has 0 bridgehead atoms. The second-order valence-corrected chi connectivity index (χ2v) is 5.49. The summed E-state index contributed by atoms with van der Waals surface area (Å²) in [6.07, 6.45) is 0.969. The minimum absolute atomic E-state index is 0.616. The maximum atomic E-state index is 6.56. The van der Waals surface area contributed by atoms with Crippen LogP contribution in [-0.4, -0.2) is 6.61 Å². The van der Waals surface area contributed by atoms with E-state index in [1.54, 1.807) is 0 Å². The first-order valence-electron chi connectivity index (χ1n) is 6.83. The van der Waals surface area contributed by atoms with Crippen molar-refractivity contribution in [3.05, 3.63) is 64.7 Å². The van der Waals surface area contributed by atoms with Crippen LogP contribution in [0.3, 0.4) is 0 Å². The molecule has 0 saturated carbocycles. The molecule has 2 N–H and O–H groups in total. The molecule has 2 rings (SSSR count). The first kappa shape index (κ1) is 14.9. The average molecular weight is 290 g/mol. The molecule has 0 spiro atoms. The van der Waals surface area contributed by atoms with E-state index >= 15 is 0 Å². The average Bonchev–Trinajstić information content (AvgIpc) is 2.46. The standard InChI is InChI=1S/C17H20ClNO/c1-3-12-20-16-7-5-4-6-15(16)17(2,19)13-8-10-14(18)11-9-13/h4-11H,3,12,19H2,1-2H3. The zero-order valence-electron chi connectivity index (χ0n) is 11.9. The molecule has 106 valence electrons. The highest BCUT2D eigenvalue weighted by molar-refractivity contribution is 6.30. The molecule has 1 atom stereocenters. The summed E-state index contributed by atoms with van der Waals surface area (Å²) >= 11 is 5.94. The van der Waals surface area contributed by atoms with E-state index in [1.807, 2.05) is 55.5 Å². The molecule has 0 aromatic heterocycles. The molecule has 0 amide bonds. The topological polar surface area (TPSA) is 35.2 Å². The van der Waals surface area contributed by atoms with Gasteiger partial charge in [0.15, 0.2) is 0 Å². The van der Waals surface area contributed by atoms with Crippen LogP contribution in [0.4, 0.5) is 0 Å². The van der Waals surface area contributed by atoms with E-state index in [2.05, 4.69) is 6.92 Å². The summed E-state index contributed by atoms with van der Waals surface area (Å²) in [4.78, 5) is 0. The lowest BCUT2D eigenvalue weighted by molar-refractivity contribution is 0.309. The lowest BCUT2D eigenvalue weighted by atomic mass is 9.85. The molecule has 0 heterocycles. The van der Waals surface area contributed by atoms with Crippen LogP contribution in [0.15, 0.2) is 48.5 Å². The zero-order valence-corrected chi connectivity index (χ0v) is 12.7. The van der Waals surface area contributed by atoms with Crippen molar-refractivity contribution in [2.75, 3.05) is 6.61 Å². The minimum Gasteiger partial charge on any atom is -0.493 e. The number of para-hydroxylation sites is 1. The van der Waals surface area contributed by atoms with Crippen molar-refractivity contribution >= 4 is 11.6 Å². The van der Waals surface area contributed by atoms with Crippen LogP contribution in [0.2, 0.25) is 5.02 Å². The van der Waals surface area contributed by atoms with Gasteiger partial charge in [-0.05, 0) is 37.1 Å². The molecule has 0 aliphatic carbocycles. The molecule has 2 aromatic rings. The fraction of sp³-hybridized carbons (Fsp3) is 0.294. The van der Waals surface area contributed by atoms with Gasteiger partial charge in [0.25, 0.3) is 0 Å². The van der Waals surface area contributed by atoms with Gasteiger partial charge in [0, 0.05) is 10.6 Å². The van der Waals surface area contributed by atoms with Gasteiger partial charge in [-0.3, -0.25) is 0 Å². The van der Waals surface area contributed by atoms with Crippen LogP contribution in [0.5, 0.6) is 5.75 Å². The summed E-state index contributed by atoms with van der Waals surface area (Å²) < 4.78 is 5.81. The van der Waals surface area contributed by atoms with E-state index in [0.717, 1.165) is 23.3 Å². The first-order chi connectivity index (χ1) is 9.55. The van der Waals surface area contributed by atoms with Gasteiger partial charge in [-0.2, -0.15) is 0 Å². The molecular weight excluding hydrogens is 270 g/mol. The Bertz CT molecular complexity index is 563. The number of nitrogens with two attached hydrogens (primary N) is 1. The molecule has 2 aromatic carbocycles. The molecule has 0 saturated heterocycles. The van der Waals surface area contributed by atoms with E-state index in [1.165, 1.54) is 0 Å². The normalized spacial score (nSPS) is 13.8. The molecule has 3 heteroatoms. The Balaban J connectivity index is 2.40. The fourth-order valence-corrected chi connectivity index (χ4v) is 2.31. The van der Waals surface area contributed by atoms with Crippen molar-refractivity contribution in [2.24, 2.45) is 5.73 Å². The van der Waals surface area contributed by atoms with Crippen LogP contribution in [0.25, 0.3) is 0 Å². The van der Waals surface area contributed by atoms with Gasteiger partial charge in [0.1, 0.15) is 5.75 Å². The maximum Gasteiger partial charge on any atom is 0.124 e. The number of rotatable bonds is 5.